The fourth-order valence-electron chi connectivity index (χ4n) is 2.08. The summed E-state index contributed by atoms with van der Waals surface area (Å²) in [7, 11) is 0. The molecule has 0 saturated carbocycles. The predicted octanol–water partition coefficient (Wildman–Crippen LogP) is 3.55. The quantitative estimate of drug-likeness (QED) is 0.621. The van der Waals surface area contributed by atoms with Gasteiger partial charge in [0.05, 0.1) is 17.2 Å². The number of nitro groups is 1. The summed E-state index contributed by atoms with van der Waals surface area (Å²) in [5, 5.41) is 11.6. The molecule has 6 nitrogen and oxygen atoms in total. The largest absolute Gasteiger partial charge is 0.343 e. The lowest BCUT2D eigenvalue weighted by Crippen LogP contribution is -2.36. The first kappa shape index (κ1) is 17.5. The number of Topliss-reactive ketones (excluding diaryl/α,β-unsaturated/α-hetero) is 1. The number of carbonyl (C=O) groups excluding carboxylic acids is 1. The molecule has 0 aliphatic carbocycles. The average Bonchev–Trinajstić information content (AvgIpc) is 2.87. The van der Waals surface area contributed by atoms with Gasteiger partial charge in [-0.25, -0.2) is 4.99 Å². The maximum Gasteiger partial charge on any atom is 0.269 e. The van der Waals surface area contributed by atoms with Crippen molar-refractivity contribution in [1.82, 2.24) is 4.90 Å². The van der Waals surface area contributed by atoms with Crippen LogP contribution in [0.25, 0.3) is 0 Å². The Morgan fingerprint density at radius 1 is 1.43 bits per heavy atom. The van der Waals surface area contributed by atoms with Gasteiger partial charge in [-0.15, -0.1) is 0 Å². The molecule has 1 aliphatic heterocycles. The number of amidine groups is 1. The van der Waals surface area contributed by atoms with E-state index >= 15 is 0 Å². The highest BCUT2D eigenvalue weighted by atomic mass is 32.2. The molecule has 1 heterocycles. The SMILES string of the molecule is Cc1cc([N+](=O)[O-])ccc1/N=C1\SCCN1CC(=O)C(C)(C)C. The van der Waals surface area contributed by atoms with Crippen LogP contribution in [0.4, 0.5) is 11.4 Å². The number of hydrogen-bond donors (Lipinski definition) is 0. The summed E-state index contributed by atoms with van der Waals surface area (Å²) in [6.07, 6.45) is 0. The van der Waals surface area contributed by atoms with Gasteiger partial charge in [-0.3, -0.25) is 14.9 Å². The molecule has 1 aromatic rings. The van der Waals surface area contributed by atoms with E-state index in [2.05, 4.69) is 4.99 Å². The highest BCUT2D eigenvalue weighted by Gasteiger charge is 2.28. The molecule has 1 aromatic carbocycles. The zero-order valence-electron chi connectivity index (χ0n) is 13.8. The summed E-state index contributed by atoms with van der Waals surface area (Å²) in [5.74, 6) is 1.07. The number of ketones is 1. The van der Waals surface area contributed by atoms with Crippen molar-refractivity contribution in [3.05, 3.63) is 33.9 Å². The van der Waals surface area contributed by atoms with Gasteiger partial charge in [0.25, 0.3) is 5.69 Å². The van der Waals surface area contributed by atoms with E-state index in [4.69, 9.17) is 0 Å². The van der Waals surface area contributed by atoms with Crippen molar-refractivity contribution in [3.63, 3.8) is 0 Å². The van der Waals surface area contributed by atoms with E-state index in [0.29, 0.717) is 12.2 Å². The zero-order chi connectivity index (χ0) is 17.2. The molecule has 1 aliphatic rings. The molecule has 2 rings (SSSR count). The number of thioether (sulfide) groups is 1. The average molecular weight is 335 g/mol. The Bertz CT molecular complexity index is 665. The monoisotopic (exact) mass is 335 g/mol. The van der Waals surface area contributed by atoms with Crippen molar-refractivity contribution in [2.24, 2.45) is 10.4 Å². The molecule has 0 unspecified atom stereocenters. The summed E-state index contributed by atoms with van der Waals surface area (Å²) in [4.78, 5) is 29.2. The van der Waals surface area contributed by atoms with Crippen LogP contribution in [0, 0.1) is 22.5 Å². The molecule has 124 valence electrons. The fourth-order valence-corrected chi connectivity index (χ4v) is 3.07. The lowest BCUT2D eigenvalue weighted by atomic mass is 9.90. The lowest BCUT2D eigenvalue weighted by Gasteiger charge is -2.23. The summed E-state index contributed by atoms with van der Waals surface area (Å²) in [6.45, 7) is 8.68. The summed E-state index contributed by atoms with van der Waals surface area (Å²) in [6, 6.07) is 4.63. The number of non-ortho nitro benzene ring substituents is 1. The Balaban J connectivity index is 2.21. The number of hydrogen-bond acceptors (Lipinski definition) is 5. The minimum absolute atomic E-state index is 0.0605. The van der Waals surface area contributed by atoms with Crippen LogP contribution >= 0.6 is 11.8 Å². The first-order valence-corrected chi connectivity index (χ1v) is 8.42. The van der Waals surface area contributed by atoms with Crippen molar-refractivity contribution in [3.8, 4) is 0 Å². The number of benzene rings is 1. The van der Waals surface area contributed by atoms with Crippen LogP contribution in [0.2, 0.25) is 0 Å². The van der Waals surface area contributed by atoms with Crippen LogP contribution in [0.3, 0.4) is 0 Å². The van der Waals surface area contributed by atoms with Gasteiger partial charge in [-0.05, 0) is 18.6 Å². The summed E-state index contributed by atoms with van der Waals surface area (Å²) >= 11 is 1.61. The van der Waals surface area contributed by atoms with E-state index in [-0.39, 0.29) is 16.9 Å². The highest BCUT2D eigenvalue weighted by molar-refractivity contribution is 8.14. The van der Waals surface area contributed by atoms with Crippen LogP contribution in [0.1, 0.15) is 26.3 Å². The van der Waals surface area contributed by atoms with E-state index in [0.717, 1.165) is 23.0 Å². The number of carbonyl (C=O) groups is 1. The molecule has 0 radical (unpaired) electrons. The van der Waals surface area contributed by atoms with Gasteiger partial charge in [0.2, 0.25) is 0 Å². The number of aryl methyl sites for hydroxylation is 1. The van der Waals surface area contributed by atoms with Crippen LogP contribution in [0.15, 0.2) is 23.2 Å². The van der Waals surface area contributed by atoms with Gasteiger partial charge in [0, 0.05) is 29.8 Å². The molecular formula is C16H21N3O3S. The van der Waals surface area contributed by atoms with Crippen molar-refractivity contribution in [2.45, 2.75) is 27.7 Å². The van der Waals surface area contributed by atoms with E-state index in [1.165, 1.54) is 12.1 Å². The van der Waals surface area contributed by atoms with E-state index < -0.39 is 4.92 Å². The van der Waals surface area contributed by atoms with Crippen molar-refractivity contribution >= 4 is 34.1 Å². The number of nitro benzene ring substituents is 1. The smallest absolute Gasteiger partial charge is 0.269 e. The molecule has 0 bridgehead atoms. The minimum atomic E-state index is -0.414. The maximum atomic E-state index is 12.2. The Kier molecular flexibility index (Phi) is 5.09. The summed E-state index contributed by atoms with van der Waals surface area (Å²) < 4.78 is 0. The van der Waals surface area contributed by atoms with Gasteiger partial charge in [-0.1, -0.05) is 32.5 Å². The van der Waals surface area contributed by atoms with E-state index in [1.54, 1.807) is 24.8 Å². The Hall–Kier alpha value is -1.89. The van der Waals surface area contributed by atoms with Crippen molar-refractivity contribution in [1.29, 1.82) is 0 Å². The highest BCUT2D eigenvalue weighted by Crippen LogP contribution is 2.28. The first-order valence-electron chi connectivity index (χ1n) is 7.43. The topological polar surface area (TPSA) is 75.8 Å². The van der Waals surface area contributed by atoms with Gasteiger partial charge >= 0.3 is 0 Å². The molecule has 7 heteroatoms. The molecule has 1 saturated heterocycles. The van der Waals surface area contributed by atoms with Crippen LogP contribution in [0.5, 0.6) is 0 Å². The summed E-state index contributed by atoms with van der Waals surface area (Å²) in [5.41, 5.74) is 1.14. The van der Waals surface area contributed by atoms with Gasteiger partial charge in [0.15, 0.2) is 11.0 Å². The molecule has 0 spiro atoms. The standard InChI is InChI=1S/C16H21N3O3S/c1-11-9-12(19(21)22)5-6-13(11)17-15-18(7-8-23-15)10-14(20)16(2,3)4/h5-6,9H,7-8,10H2,1-4H3/b17-15-. The Labute approximate surface area is 140 Å². The first-order chi connectivity index (χ1) is 10.7. The van der Waals surface area contributed by atoms with Crippen LogP contribution in [-0.4, -0.2) is 39.6 Å². The maximum absolute atomic E-state index is 12.2. The van der Waals surface area contributed by atoms with Crippen LogP contribution < -0.4 is 0 Å². The molecule has 0 amide bonds. The van der Waals surface area contributed by atoms with E-state index in [9.17, 15) is 14.9 Å². The minimum Gasteiger partial charge on any atom is -0.343 e. The number of aliphatic imine (C=N–C) groups is 1. The normalized spacial score (nSPS) is 16.9. The molecule has 0 atom stereocenters. The number of rotatable bonds is 4. The van der Waals surface area contributed by atoms with Crippen molar-refractivity contribution in [2.75, 3.05) is 18.8 Å². The Morgan fingerprint density at radius 2 is 2.13 bits per heavy atom. The van der Waals surface area contributed by atoms with Gasteiger partial charge in [0.1, 0.15) is 0 Å². The van der Waals surface area contributed by atoms with E-state index in [1.807, 2.05) is 25.7 Å². The third-order valence-electron chi connectivity index (χ3n) is 3.64. The second-order valence-electron chi connectivity index (χ2n) is 6.57. The molecule has 0 aromatic heterocycles. The zero-order valence-corrected chi connectivity index (χ0v) is 14.6. The predicted molar refractivity (Wildman–Crippen MR) is 93.4 cm³/mol. The number of nitrogens with zero attached hydrogens (tertiary/aromatic N) is 3. The second-order valence-corrected chi connectivity index (χ2v) is 7.63. The molecule has 1 fully saturated rings. The molecule has 0 N–H and O–H groups in total. The van der Waals surface area contributed by atoms with Crippen molar-refractivity contribution < 1.29 is 9.72 Å². The fraction of sp³-hybridized carbons (Fsp3) is 0.500. The second kappa shape index (κ2) is 6.70. The third kappa shape index (κ3) is 4.31. The molecular weight excluding hydrogens is 314 g/mol. The van der Waals surface area contributed by atoms with Crippen LogP contribution in [-0.2, 0) is 4.79 Å². The van der Waals surface area contributed by atoms with Gasteiger partial charge in [-0.2, -0.15) is 0 Å². The molecule has 23 heavy (non-hydrogen) atoms. The Morgan fingerprint density at radius 3 is 2.70 bits per heavy atom. The third-order valence-corrected chi connectivity index (χ3v) is 4.64. The lowest BCUT2D eigenvalue weighted by molar-refractivity contribution is -0.384. The van der Waals surface area contributed by atoms with Gasteiger partial charge < -0.3 is 4.90 Å².